The second-order valence-electron chi connectivity index (χ2n) is 9.28. The van der Waals surface area contributed by atoms with Crippen molar-refractivity contribution in [2.24, 2.45) is 11.8 Å². The first kappa shape index (κ1) is 22.3. The molecule has 1 aromatic carbocycles. The molecule has 2 fully saturated rings. The second-order valence-corrected chi connectivity index (χ2v) is 11.0. The van der Waals surface area contributed by atoms with Crippen LogP contribution in [0.5, 0.6) is 0 Å². The van der Waals surface area contributed by atoms with Crippen molar-refractivity contribution in [3.8, 4) is 0 Å². The number of fused-ring (bicyclic) bond motifs is 1. The van der Waals surface area contributed by atoms with E-state index in [1.807, 2.05) is 0 Å². The summed E-state index contributed by atoms with van der Waals surface area (Å²) in [5.74, 6) is 0.474. The molecule has 2 amide bonds. The Bertz CT molecular complexity index is 917. The van der Waals surface area contributed by atoms with Crippen LogP contribution < -0.4 is 15.4 Å². The van der Waals surface area contributed by atoms with E-state index in [-0.39, 0.29) is 28.5 Å². The third-order valence-electron chi connectivity index (χ3n) is 6.99. The summed E-state index contributed by atoms with van der Waals surface area (Å²) in [6.45, 7) is 0.396. The van der Waals surface area contributed by atoms with Gasteiger partial charge in [0.1, 0.15) is 0 Å². The van der Waals surface area contributed by atoms with E-state index >= 15 is 0 Å². The summed E-state index contributed by atoms with van der Waals surface area (Å²) in [4.78, 5) is 24.4. The van der Waals surface area contributed by atoms with E-state index in [0.717, 1.165) is 44.1 Å². The average Bonchev–Trinajstić information content (AvgIpc) is 3.19. The molecule has 2 saturated carbocycles. The van der Waals surface area contributed by atoms with Crippen molar-refractivity contribution in [1.29, 1.82) is 0 Å². The molecule has 0 radical (unpaired) electrons. The molecule has 3 N–H and O–H groups in total. The topological polar surface area (TPSA) is 104 Å². The van der Waals surface area contributed by atoms with Gasteiger partial charge in [0.15, 0.2) is 0 Å². The van der Waals surface area contributed by atoms with Gasteiger partial charge < -0.3 is 10.6 Å². The molecule has 4 rings (SSSR count). The Morgan fingerprint density at radius 2 is 1.74 bits per heavy atom. The lowest BCUT2D eigenvalue weighted by Crippen LogP contribution is -2.39. The van der Waals surface area contributed by atoms with E-state index in [9.17, 15) is 18.0 Å². The van der Waals surface area contributed by atoms with Gasteiger partial charge in [-0.2, -0.15) is 0 Å². The van der Waals surface area contributed by atoms with E-state index in [0.29, 0.717) is 37.5 Å². The SMILES string of the molecule is O=C1CCCc2cc(S(=O)(=O)NCC3CCC(C(=O)NC4CCCC4)CC3)ccc2N1. The number of sulfonamides is 1. The highest BCUT2D eigenvalue weighted by molar-refractivity contribution is 7.89. The first-order valence-corrected chi connectivity index (χ1v) is 13.1. The fourth-order valence-electron chi connectivity index (χ4n) is 5.05. The average molecular weight is 448 g/mol. The molecular formula is C23H33N3O4S. The van der Waals surface area contributed by atoms with Crippen LogP contribution in [-0.4, -0.2) is 32.8 Å². The van der Waals surface area contributed by atoms with Crippen molar-refractivity contribution >= 4 is 27.5 Å². The van der Waals surface area contributed by atoms with Crippen LogP contribution in [0.25, 0.3) is 0 Å². The van der Waals surface area contributed by atoms with Gasteiger partial charge in [-0.3, -0.25) is 9.59 Å². The van der Waals surface area contributed by atoms with Crippen LogP contribution >= 0.6 is 0 Å². The summed E-state index contributed by atoms with van der Waals surface area (Å²) in [6, 6.07) is 5.26. The molecule has 0 bridgehead atoms. The normalized spacial score (nSPS) is 24.8. The Kier molecular flexibility index (Phi) is 6.96. The third-order valence-corrected chi connectivity index (χ3v) is 8.41. The van der Waals surface area contributed by atoms with E-state index in [1.165, 1.54) is 12.8 Å². The Morgan fingerprint density at radius 3 is 2.48 bits per heavy atom. The molecule has 0 spiro atoms. The van der Waals surface area contributed by atoms with Gasteiger partial charge in [0.2, 0.25) is 21.8 Å². The standard InChI is InChI=1S/C23H33N3O4S/c27-22-7-3-4-18-14-20(12-13-21(18)26-22)31(29,30)24-15-16-8-10-17(11-9-16)23(28)25-19-5-1-2-6-19/h12-14,16-17,19,24H,1-11,15H2,(H,25,28)(H,26,27). The number of rotatable bonds is 6. The summed E-state index contributed by atoms with van der Waals surface area (Å²) < 4.78 is 28.4. The van der Waals surface area contributed by atoms with Crippen LogP contribution in [-0.2, 0) is 26.0 Å². The van der Waals surface area contributed by atoms with Crippen molar-refractivity contribution < 1.29 is 18.0 Å². The van der Waals surface area contributed by atoms with Gasteiger partial charge in [-0.15, -0.1) is 0 Å². The van der Waals surface area contributed by atoms with Crippen molar-refractivity contribution in [2.45, 2.75) is 81.6 Å². The molecule has 0 saturated heterocycles. The number of carbonyl (C=O) groups excluding carboxylic acids is 2. The maximum absolute atomic E-state index is 12.8. The first-order chi connectivity index (χ1) is 14.9. The molecule has 1 heterocycles. The van der Waals surface area contributed by atoms with Crippen LogP contribution in [0.2, 0.25) is 0 Å². The Balaban J connectivity index is 1.28. The highest BCUT2D eigenvalue weighted by atomic mass is 32.2. The first-order valence-electron chi connectivity index (χ1n) is 11.6. The van der Waals surface area contributed by atoms with Crippen LogP contribution in [0.1, 0.15) is 69.8 Å². The fourth-order valence-corrected chi connectivity index (χ4v) is 6.21. The summed E-state index contributed by atoms with van der Waals surface area (Å²) in [5, 5.41) is 6.03. The lowest BCUT2D eigenvalue weighted by atomic mass is 9.81. The highest BCUT2D eigenvalue weighted by Crippen LogP contribution is 2.30. The van der Waals surface area contributed by atoms with Gasteiger partial charge in [-0.1, -0.05) is 12.8 Å². The molecule has 1 aromatic rings. The Morgan fingerprint density at radius 1 is 1.00 bits per heavy atom. The van der Waals surface area contributed by atoms with Gasteiger partial charge in [0.25, 0.3) is 0 Å². The quantitative estimate of drug-likeness (QED) is 0.623. The van der Waals surface area contributed by atoms with E-state index < -0.39 is 10.0 Å². The highest BCUT2D eigenvalue weighted by Gasteiger charge is 2.29. The van der Waals surface area contributed by atoms with Gasteiger partial charge in [0, 0.05) is 30.6 Å². The van der Waals surface area contributed by atoms with Crippen LogP contribution in [0.3, 0.4) is 0 Å². The summed E-state index contributed by atoms with van der Waals surface area (Å²) in [5.41, 5.74) is 1.57. The summed E-state index contributed by atoms with van der Waals surface area (Å²) in [7, 11) is -3.61. The van der Waals surface area contributed by atoms with E-state index in [4.69, 9.17) is 0 Å². The molecule has 0 unspecified atom stereocenters. The number of nitrogens with one attached hydrogen (secondary N) is 3. The smallest absolute Gasteiger partial charge is 0.240 e. The Hall–Kier alpha value is -1.93. The van der Waals surface area contributed by atoms with Crippen LogP contribution in [0.4, 0.5) is 5.69 Å². The Labute approximate surface area is 184 Å². The molecule has 8 heteroatoms. The molecule has 2 aliphatic carbocycles. The van der Waals surface area contributed by atoms with Crippen molar-refractivity contribution in [3.63, 3.8) is 0 Å². The molecule has 7 nitrogen and oxygen atoms in total. The number of benzene rings is 1. The molecule has 0 aromatic heterocycles. The minimum atomic E-state index is -3.61. The van der Waals surface area contributed by atoms with Gasteiger partial charge in [-0.05, 0) is 81.0 Å². The van der Waals surface area contributed by atoms with Gasteiger partial charge in [-0.25, -0.2) is 13.1 Å². The zero-order valence-corrected chi connectivity index (χ0v) is 18.8. The van der Waals surface area contributed by atoms with Crippen molar-refractivity contribution in [1.82, 2.24) is 10.0 Å². The van der Waals surface area contributed by atoms with Crippen molar-refractivity contribution in [2.75, 3.05) is 11.9 Å². The maximum Gasteiger partial charge on any atom is 0.240 e. The third kappa shape index (κ3) is 5.66. The molecule has 3 aliphatic rings. The molecule has 31 heavy (non-hydrogen) atoms. The minimum absolute atomic E-state index is 0.0278. The molecule has 0 atom stereocenters. The number of hydrogen-bond donors (Lipinski definition) is 3. The zero-order chi connectivity index (χ0) is 21.8. The number of aryl methyl sites for hydroxylation is 1. The van der Waals surface area contributed by atoms with Crippen LogP contribution in [0, 0.1) is 11.8 Å². The summed E-state index contributed by atoms with van der Waals surface area (Å²) in [6.07, 6.45) is 9.83. The fraction of sp³-hybridized carbons (Fsp3) is 0.652. The summed E-state index contributed by atoms with van der Waals surface area (Å²) >= 11 is 0. The molecule has 1 aliphatic heterocycles. The molecular weight excluding hydrogens is 414 g/mol. The number of carbonyl (C=O) groups is 2. The monoisotopic (exact) mass is 447 g/mol. The lowest BCUT2D eigenvalue weighted by Gasteiger charge is -2.28. The van der Waals surface area contributed by atoms with Crippen LogP contribution in [0.15, 0.2) is 23.1 Å². The largest absolute Gasteiger partial charge is 0.353 e. The minimum Gasteiger partial charge on any atom is -0.353 e. The van der Waals surface area contributed by atoms with E-state index in [2.05, 4.69) is 15.4 Å². The molecule has 170 valence electrons. The zero-order valence-electron chi connectivity index (χ0n) is 18.0. The number of anilines is 1. The number of hydrogen-bond acceptors (Lipinski definition) is 4. The number of amides is 2. The van der Waals surface area contributed by atoms with E-state index in [1.54, 1.807) is 18.2 Å². The van der Waals surface area contributed by atoms with Crippen molar-refractivity contribution in [3.05, 3.63) is 23.8 Å². The predicted molar refractivity (Wildman–Crippen MR) is 119 cm³/mol. The van der Waals surface area contributed by atoms with Gasteiger partial charge in [0.05, 0.1) is 4.90 Å². The second kappa shape index (κ2) is 9.69. The maximum atomic E-state index is 12.8. The predicted octanol–water partition coefficient (Wildman–Crippen LogP) is 3.10. The van der Waals surface area contributed by atoms with Gasteiger partial charge >= 0.3 is 0 Å². The lowest BCUT2D eigenvalue weighted by molar-refractivity contribution is -0.127.